The molecule has 0 radical (unpaired) electrons. The highest BCUT2D eigenvalue weighted by Gasteiger charge is 2.29. The maximum Gasteiger partial charge on any atom is 0.335 e. The second-order valence-electron chi connectivity index (χ2n) is 3.94. The van der Waals surface area contributed by atoms with Crippen LogP contribution in [0.5, 0.6) is 0 Å². The molecule has 0 saturated carbocycles. The fourth-order valence-electron chi connectivity index (χ4n) is 2.04. The molecular formula is C12H13NO3. The monoisotopic (exact) mass is 219 g/mol. The molecule has 1 aromatic rings. The molecule has 0 aromatic heterocycles. The first-order valence-corrected chi connectivity index (χ1v) is 5.31. The Balaban J connectivity index is 2.38. The normalized spacial score (nSPS) is 18.1. The van der Waals surface area contributed by atoms with E-state index < -0.39 is 5.97 Å². The molecule has 0 aliphatic carbocycles. The lowest BCUT2D eigenvalue weighted by atomic mass is 9.95. The van der Waals surface area contributed by atoms with Crippen molar-refractivity contribution in [2.75, 3.05) is 5.32 Å². The molecule has 1 aromatic carbocycles. The Hall–Kier alpha value is -1.84. The summed E-state index contributed by atoms with van der Waals surface area (Å²) in [7, 11) is 0. The minimum Gasteiger partial charge on any atom is -0.478 e. The number of hydrogen-bond acceptors (Lipinski definition) is 2. The first-order valence-electron chi connectivity index (χ1n) is 5.31. The topological polar surface area (TPSA) is 66.4 Å². The van der Waals surface area contributed by atoms with Gasteiger partial charge in [-0.2, -0.15) is 0 Å². The van der Waals surface area contributed by atoms with Crippen LogP contribution in [-0.4, -0.2) is 17.0 Å². The SMILES string of the molecule is CCCC1C(=O)Nc2cc(C(=O)O)ccc21. The molecule has 1 amide bonds. The van der Waals surface area contributed by atoms with Crippen molar-refractivity contribution in [3.8, 4) is 0 Å². The third kappa shape index (κ3) is 1.66. The Labute approximate surface area is 93.3 Å². The van der Waals surface area contributed by atoms with Gasteiger partial charge in [0.2, 0.25) is 5.91 Å². The lowest BCUT2D eigenvalue weighted by Crippen LogP contribution is -2.11. The average molecular weight is 219 g/mol. The first kappa shape index (κ1) is 10.7. The lowest BCUT2D eigenvalue weighted by Gasteiger charge is -2.06. The zero-order valence-electron chi connectivity index (χ0n) is 8.99. The van der Waals surface area contributed by atoms with Crippen molar-refractivity contribution in [2.24, 2.45) is 0 Å². The summed E-state index contributed by atoms with van der Waals surface area (Å²) in [5.74, 6) is -1.13. The van der Waals surface area contributed by atoms with E-state index in [0.717, 1.165) is 18.4 Å². The number of anilines is 1. The molecule has 0 bridgehead atoms. The number of carbonyl (C=O) groups is 2. The number of fused-ring (bicyclic) bond motifs is 1. The van der Waals surface area contributed by atoms with Gasteiger partial charge in [0.1, 0.15) is 0 Å². The van der Waals surface area contributed by atoms with Gasteiger partial charge in [-0.1, -0.05) is 19.4 Å². The number of nitrogens with one attached hydrogen (secondary N) is 1. The fourth-order valence-corrected chi connectivity index (χ4v) is 2.04. The van der Waals surface area contributed by atoms with Crippen LogP contribution in [0.3, 0.4) is 0 Å². The highest BCUT2D eigenvalue weighted by atomic mass is 16.4. The van der Waals surface area contributed by atoms with Crippen LogP contribution in [0.15, 0.2) is 18.2 Å². The van der Waals surface area contributed by atoms with Gasteiger partial charge in [-0.15, -0.1) is 0 Å². The summed E-state index contributed by atoms with van der Waals surface area (Å²) in [6.07, 6.45) is 1.73. The zero-order valence-corrected chi connectivity index (χ0v) is 8.99. The highest BCUT2D eigenvalue weighted by Crippen LogP contribution is 2.35. The van der Waals surface area contributed by atoms with Gasteiger partial charge < -0.3 is 10.4 Å². The molecule has 4 heteroatoms. The molecule has 2 N–H and O–H groups in total. The van der Waals surface area contributed by atoms with Gasteiger partial charge in [-0.05, 0) is 24.1 Å². The molecule has 1 aliphatic heterocycles. The molecule has 1 atom stereocenters. The fraction of sp³-hybridized carbons (Fsp3) is 0.333. The summed E-state index contributed by atoms with van der Waals surface area (Å²) in [5.41, 5.74) is 1.76. The number of aromatic carboxylic acids is 1. The maximum atomic E-state index is 11.6. The van der Waals surface area contributed by atoms with Crippen LogP contribution in [0, 0.1) is 0 Å². The maximum absolute atomic E-state index is 11.6. The minimum atomic E-state index is -0.976. The van der Waals surface area contributed by atoms with Gasteiger partial charge in [-0.25, -0.2) is 4.79 Å². The van der Waals surface area contributed by atoms with Crippen LogP contribution in [0.4, 0.5) is 5.69 Å². The van der Waals surface area contributed by atoms with E-state index in [4.69, 9.17) is 5.11 Å². The summed E-state index contributed by atoms with van der Waals surface area (Å²) in [5, 5.41) is 11.6. The Bertz CT molecular complexity index is 454. The molecule has 1 unspecified atom stereocenters. The van der Waals surface area contributed by atoms with Crippen LogP contribution in [0.2, 0.25) is 0 Å². The molecule has 2 rings (SSSR count). The van der Waals surface area contributed by atoms with E-state index in [1.807, 2.05) is 6.92 Å². The van der Waals surface area contributed by atoms with Gasteiger partial charge in [0.15, 0.2) is 0 Å². The molecule has 4 nitrogen and oxygen atoms in total. The van der Waals surface area contributed by atoms with Crippen molar-refractivity contribution in [3.63, 3.8) is 0 Å². The van der Waals surface area contributed by atoms with E-state index in [0.29, 0.717) is 5.69 Å². The largest absolute Gasteiger partial charge is 0.478 e. The van der Waals surface area contributed by atoms with Crippen LogP contribution < -0.4 is 5.32 Å². The lowest BCUT2D eigenvalue weighted by molar-refractivity contribution is -0.117. The van der Waals surface area contributed by atoms with Crippen molar-refractivity contribution in [2.45, 2.75) is 25.7 Å². The smallest absolute Gasteiger partial charge is 0.335 e. The third-order valence-electron chi connectivity index (χ3n) is 2.83. The van der Waals surface area contributed by atoms with Gasteiger partial charge in [0.05, 0.1) is 11.5 Å². The second-order valence-corrected chi connectivity index (χ2v) is 3.94. The van der Waals surface area contributed by atoms with Crippen LogP contribution in [0.25, 0.3) is 0 Å². The Kier molecular flexibility index (Phi) is 2.64. The first-order chi connectivity index (χ1) is 7.63. The Morgan fingerprint density at radius 2 is 2.25 bits per heavy atom. The van der Waals surface area contributed by atoms with Crippen molar-refractivity contribution in [1.82, 2.24) is 0 Å². The number of amides is 1. The molecule has 16 heavy (non-hydrogen) atoms. The molecular weight excluding hydrogens is 206 g/mol. The van der Waals surface area contributed by atoms with E-state index in [9.17, 15) is 9.59 Å². The van der Waals surface area contributed by atoms with E-state index in [1.165, 1.54) is 6.07 Å². The predicted molar refractivity (Wildman–Crippen MR) is 59.7 cm³/mol. The van der Waals surface area contributed by atoms with Gasteiger partial charge in [0.25, 0.3) is 0 Å². The molecule has 0 fully saturated rings. The summed E-state index contributed by atoms with van der Waals surface area (Å²) in [6.45, 7) is 2.02. The number of hydrogen-bond donors (Lipinski definition) is 2. The van der Waals surface area contributed by atoms with E-state index in [2.05, 4.69) is 5.32 Å². The van der Waals surface area contributed by atoms with Crippen LogP contribution >= 0.6 is 0 Å². The number of carboxylic acid groups (broad SMARTS) is 1. The molecule has 0 spiro atoms. The zero-order chi connectivity index (χ0) is 11.7. The highest BCUT2D eigenvalue weighted by molar-refractivity contribution is 6.04. The van der Waals surface area contributed by atoms with Crippen molar-refractivity contribution in [1.29, 1.82) is 0 Å². The summed E-state index contributed by atoms with van der Waals surface area (Å²) >= 11 is 0. The van der Waals surface area contributed by atoms with Crippen molar-refractivity contribution in [3.05, 3.63) is 29.3 Å². The third-order valence-corrected chi connectivity index (χ3v) is 2.83. The average Bonchev–Trinajstić information content (AvgIpc) is 2.55. The minimum absolute atomic E-state index is 0.0283. The number of carboxylic acids is 1. The van der Waals surface area contributed by atoms with Crippen molar-refractivity contribution >= 4 is 17.6 Å². The van der Waals surface area contributed by atoms with Crippen LogP contribution in [-0.2, 0) is 4.79 Å². The van der Waals surface area contributed by atoms with Crippen LogP contribution in [0.1, 0.15) is 41.6 Å². The molecule has 0 saturated heterocycles. The number of benzene rings is 1. The standard InChI is InChI=1S/C12H13NO3/c1-2-3-9-8-5-4-7(12(15)16)6-10(8)13-11(9)14/h4-6,9H,2-3H2,1H3,(H,13,14)(H,15,16). The Morgan fingerprint density at radius 3 is 2.88 bits per heavy atom. The van der Waals surface area contributed by atoms with E-state index in [-0.39, 0.29) is 17.4 Å². The molecule has 1 heterocycles. The van der Waals surface area contributed by atoms with Crippen molar-refractivity contribution < 1.29 is 14.7 Å². The molecule has 1 aliphatic rings. The van der Waals surface area contributed by atoms with Gasteiger partial charge >= 0.3 is 5.97 Å². The summed E-state index contributed by atoms with van der Waals surface area (Å²) < 4.78 is 0. The predicted octanol–water partition coefficient (Wildman–Crippen LogP) is 2.22. The molecule has 84 valence electrons. The Morgan fingerprint density at radius 1 is 1.50 bits per heavy atom. The second kappa shape index (κ2) is 3.96. The number of rotatable bonds is 3. The summed E-state index contributed by atoms with van der Waals surface area (Å²) in [4.78, 5) is 22.4. The quantitative estimate of drug-likeness (QED) is 0.819. The summed E-state index contributed by atoms with van der Waals surface area (Å²) in [6, 6.07) is 4.80. The van der Waals surface area contributed by atoms with Gasteiger partial charge in [-0.3, -0.25) is 4.79 Å². The van der Waals surface area contributed by atoms with E-state index in [1.54, 1.807) is 12.1 Å². The number of carbonyl (C=O) groups excluding carboxylic acids is 1. The van der Waals surface area contributed by atoms with Gasteiger partial charge in [0, 0.05) is 5.69 Å². The van der Waals surface area contributed by atoms with E-state index >= 15 is 0 Å².